The molecule has 76 valence electrons. The lowest BCUT2D eigenvalue weighted by Gasteiger charge is -2.02. The van der Waals surface area contributed by atoms with Crippen LogP contribution >= 0.6 is 11.3 Å². The number of carbonyl (C=O) groups is 2. The Morgan fingerprint density at radius 1 is 1.50 bits per heavy atom. The normalized spacial score (nSPS) is 9.50. The number of nitrogens with zero attached hydrogens (tertiary/aromatic N) is 1. The van der Waals surface area contributed by atoms with E-state index in [1.807, 2.05) is 6.92 Å². The molecule has 0 bridgehead atoms. The molecule has 0 aliphatic heterocycles. The largest absolute Gasteiger partial charge is 0.355 e. The molecule has 0 aliphatic carbocycles. The van der Waals surface area contributed by atoms with Crippen LogP contribution in [0.25, 0.3) is 0 Å². The summed E-state index contributed by atoms with van der Waals surface area (Å²) in [5.41, 5.74) is 1.92. The van der Waals surface area contributed by atoms with E-state index in [1.165, 1.54) is 11.3 Å². The second kappa shape index (κ2) is 5.33. The van der Waals surface area contributed by atoms with Crippen molar-refractivity contribution < 1.29 is 9.59 Å². The first-order valence-corrected chi connectivity index (χ1v) is 5.11. The molecular weight excluding hydrogens is 202 g/mol. The lowest BCUT2D eigenvalue weighted by Crippen LogP contribution is -2.36. The van der Waals surface area contributed by atoms with Crippen LogP contribution in [0.4, 0.5) is 0 Å². The fraction of sp³-hybridized carbons (Fsp3) is 0.375. The SMILES string of the molecule is CCNC(=O)CNC(=O)c1cscn1. The molecule has 1 aromatic heterocycles. The van der Waals surface area contributed by atoms with Crippen LogP contribution in [0, 0.1) is 0 Å². The molecular formula is C8H11N3O2S. The molecule has 0 aliphatic rings. The first-order valence-electron chi connectivity index (χ1n) is 4.17. The van der Waals surface area contributed by atoms with E-state index in [-0.39, 0.29) is 18.4 Å². The predicted octanol–water partition coefficient (Wildman–Crippen LogP) is 0.00900. The first-order chi connectivity index (χ1) is 6.74. The van der Waals surface area contributed by atoms with Gasteiger partial charge in [0.25, 0.3) is 5.91 Å². The van der Waals surface area contributed by atoms with Gasteiger partial charge in [0.1, 0.15) is 5.69 Å². The number of amides is 2. The highest BCUT2D eigenvalue weighted by Gasteiger charge is 2.08. The van der Waals surface area contributed by atoms with Crippen molar-refractivity contribution in [1.82, 2.24) is 15.6 Å². The minimum absolute atomic E-state index is 0.00972. The van der Waals surface area contributed by atoms with Gasteiger partial charge < -0.3 is 10.6 Å². The topological polar surface area (TPSA) is 71.1 Å². The number of carbonyl (C=O) groups excluding carboxylic acids is 2. The number of likely N-dealkylation sites (N-methyl/N-ethyl adjacent to an activating group) is 1. The average molecular weight is 213 g/mol. The molecule has 0 aromatic carbocycles. The number of aromatic nitrogens is 1. The summed E-state index contributed by atoms with van der Waals surface area (Å²) >= 11 is 1.34. The maximum Gasteiger partial charge on any atom is 0.271 e. The summed E-state index contributed by atoms with van der Waals surface area (Å²) in [5.74, 6) is -0.520. The van der Waals surface area contributed by atoms with Crippen molar-refractivity contribution >= 4 is 23.2 Å². The van der Waals surface area contributed by atoms with Gasteiger partial charge in [-0.3, -0.25) is 9.59 Å². The van der Waals surface area contributed by atoms with E-state index < -0.39 is 0 Å². The Hall–Kier alpha value is -1.43. The van der Waals surface area contributed by atoms with Gasteiger partial charge in [-0.05, 0) is 6.92 Å². The molecule has 14 heavy (non-hydrogen) atoms. The van der Waals surface area contributed by atoms with Crippen molar-refractivity contribution in [3.8, 4) is 0 Å². The monoisotopic (exact) mass is 213 g/mol. The van der Waals surface area contributed by atoms with Gasteiger partial charge in [-0.2, -0.15) is 0 Å². The maximum atomic E-state index is 11.3. The first kappa shape index (κ1) is 10.6. The minimum Gasteiger partial charge on any atom is -0.355 e. The van der Waals surface area contributed by atoms with E-state index in [4.69, 9.17) is 0 Å². The number of nitrogens with one attached hydrogen (secondary N) is 2. The third kappa shape index (κ3) is 3.14. The van der Waals surface area contributed by atoms with Crippen molar-refractivity contribution in [1.29, 1.82) is 0 Å². The van der Waals surface area contributed by atoms with Crippen LogP contribution in [0.2, 0.25) is 0 Å². The second-order valence-corrected chi connectivity index (χ2v) is 3.23. The van der Waals surface area contributed by atoms with E-state index in [1.54, 1.807) is 10.9 Å². The predicted molar refractivity (Wildman–Crippen MR) is 53.1 cm³/mol. The van der Waals surface area contributed by atoms with E-state index >= 15 is 0 Å². The standard InChI is InChI=1S/C8H11N3O2S/c1-2-9-7(12)3-10-8(13)6-4-14-5-11-6/h4-5H,2-3H2,1H3,(H,9,12)(H,10,13). The van der Waals surface area contributed by atoms with Crippen LogP contribution in [-0.2, 0) is 4.79 Å². The number of hydrogen-bond donors (Lipinski definition) is 2. The van der Waals surface area contributed by atoms with Gasteiger partial charge in [0.2, 0.25) is 5.91 Å². The lowest BCUT2D eigenvalue weighted by atomic mass is 10.4. The van der Waals surface area contributed by atoms with Crippen molar-refractivity contribution in [2.24, 2.45) is 0 Å². The van der Waals surface area contributed by atoms with Crippen LogP contribution in [0.15, 0.2) is 10.9 Å². The van der Waals surface area contributed by atoms with Crippen LogP contribution < -0.4 is 10.6 Å². The lowest BCUT2D eigenvalue weighted by molar-refractivity contribution is -0.120. The van der Waals surface area contributed by atoms with Crippen LogP contribution in [0.3, 0.4) is 0 Å². The summed E-state index contributed by atoms with van der Waals surface area (Å²) in [5, 5.41) is 6.67. The summed E-state index contributed by atoms with van der Waals surface area (Å²) in [6, 6.07) is 0. The molecule has 6 heteroatoms. The van der Waals surface area contributed by atoms with E-state index in [0.717, 1.165) is 0 Å². The maximum absolute atomic E-state index is 11.3. The molecule has 1 heterocycles. The summed E-state index contributed by atoms with van der Waals surface area (Å²) in [7, 11) is 0. The zero-order chi connectivity index (χ0) is 10.4. The highest BCUT2D eigenvalue weighted by atomic mass is 32.1. The number of thiazole rings is 1. The van der Waals surface area contributed by atoms with Crippen molar-refractivity contribution in [3.63, 3.8) is 0 Å². The minimum atomic E-state index is -0.322. The smallest absolute Gasteiger partial charge is 0.271 e. The molecule has 1 aromatic rings. The highest BCUT2D eigenvalue weighted by Crippen LogP contribution is 1.99. The number of rotatable bonds is 4. The highest BCUT2D eigenvalue weighted by molar-refractivity contribution is 7.07. The Kier molecular flexibility index (Phi) is 4.06. The van der Waals surface area contributed by atoms with Gasteiger partial charge in [0.15, 0.2) is 0 Å². The third-order valence-corrected chi connectivity index (χ3v) is 2.03. The van der Waals surface area contributed by atoms with E-state index in [9.17, 15) is 9.59 Å². The van der Waals surface area contributed by atoms with Gasteiger partial charge in [0.05, 0.1) is 12.1 Å². The Balaban J connectivity index is 2.32. The zero-order valence-corrected chi connectivity index (χ0v) is 8.56. The average Bonchev–Trinajstić information content (AvgIpc) is 2.67. The van der Waals surface area contributed by atoms with Gasteiger partial charge in [0, 0.05) is 11.9 Å². The van der Waals surface area contributed by atoms with Gasteiger partial charge >= 0.3 is 0 Å². The number of hydrogen-bond acceptors (Lipinski definition) is 4. The Morgan fingerprint density at radius 3 is 2.86 bits per heavy atom. The van der Waals surface area contributed by atoms with Gasteiger partial charge in [-0.25, -0.2) is 4.98 Å². The van der Waals surface area contributed by atoms with Gasteiger partial charge in [-0.1, -0.05) is 0 Å². The molecule has 5 nitrogen and oxygen atoms in total. The Bertz CT molecular complexity index is 310. The zero-order valence-electron chi connectivity index (χ0n) is 7.74. The molecule has 0 fully saturated rings. The van der Waals surface area contributed by atoms with Crippen molar-refractivity contribution in [3.05, 3.63) is 16.6 Å². The van der Waals surface area contributed by atoms with Crippen molar-refractivity contribution in [2.75, 3.05) is 13.1 Å². The molecule has 0 saturated carbocycles. The Labute approximate surface area is 85.5 Å². The van der Waals surface area contributed by atoms with E-state index in [2.05, 4.69) is 15.6 Å². The molecule has 0 atom stereocenters. The summed E-state index contributed by atoms with van der Waals surface area (Å²) in [6.07, 6.45) is 0. The molecule has 2 N–H and O–H groups in total. The quantitative estimate of drug-likeness (QED) is 0.740. The third-order valence-electron chi connectivity index (χ3n) is 1.45. The molecule has 1 rings (SSSR count). The van der Waals surface area contributed by atoms with Crippen molar-refractivity contribution in [2.45, 2.75) is 6.92 Å². The summed E-state index contributed by atoms with van der Waals surface area (Å²) in [4.78, 5) is 26.1. The molecule has 2 amide bonds. The molecule has 0 radical (unpaired) electrons. The van der Waals surface area contributed by atoms with E-state index in [0.29, 0.717) is 12.2 Å². The second-order valence-electron chi connectivity index (χ2n) is 2.51. The van der Waals surface area contributed by atoms with Crippen LogP contribution in [0.5, 0.6) is 0 Å². The molecule has 0 spiro atoms. The summed E-state index contributed by atoms with van der Waals surface area (Å²) < 4.78 is 0. The summed E-state index contributed by atoms with van der Waals surface area (Å²) in [6.45, 7) is 2.37. The fourth-order valence-corrected chi connectivity index (χ4v) is 1.37. The Morgan fingerprint density at radius 2 is 2.29 bits per heavy atom. The fourth-order valence-electron chi connectivity index (χ4n) is 0.835. The van der Waals surface area contributed by atoms with Crippen LogP contribution in [0.1, 0.15) is 17.4 Å². The molecule has 0 unspecified atom stereocenters. The molecule has 0 saturated heterocycles. The van der Waals surface area contributed by atoms with Crippen LogP contribution in [-0.4, -0.2) is 29.9 Å². The van der Waals surface area contributed by atoms with Gasteiger partial charge in [-0.15, -0.1) is 11.3 Å².